The zero-order valence-corrected chi connectivity index (χ0v) is 9.80. The topological polar surface area (TPSA) is 88.5 Å². The molecular formula is C11H18O6. The summed E-state index contributed by atoms with van der Waals surface area (Å²) in [5, 5.41) is 17.6. The highest BCUT2D eigenvalue weighted by Crippen LogP contribution is 2.20. The van der Waals surface area contributed by atoms with Crippen LogP contribution in [0, 0.1) is 0 Å². The summed E-state index contributed by atoms with van der Waals surface area (Å²) in [4.78, 5) is 11.5. The minimum absolute atomic E-state index is 0.0528. The third-order valence-corrected chi connectivity index (χ3v) is 2.11. The second kappa shape index (κ2) is 7.26. The summed E-state index contributed by atoms with van der Waals surface area (Å²) in [5.41, 5.74) is 0.375. The highest BCUT2D eigenvalue weighted by atomic mass is 16.6. The first-order valence-corrected chi connectivity index (χ1v) is 5.55. The SMILES string of the molecule is CCOC(=O)C(=COCC(O)CO)CC1CO1. The molecule has 1 heterocycles. The molecule has 0 bridgehead atoms. The van der Waals surface area contributed by atoms with E-state index in [2.05, 4.69) is 0 Å². The molecule has 1 saturated heterocycles. The maximum absolute atomic E-state index is 11.5. The van der Waals surface area contributed by atoms with Gasteiger partial charge in [0.15, 0.2) is 0 Å². The van der Waals surface area contributed by atoms with Crippen molar-refractivity contribution in [2.45, 2.75) is 25.6 Å². The molecule has 0 aromatic rings. The van der Waals surface area contributed by atoms with Crippen molar-refractivity contribution in [1.29, 1.82) is 0 Å². The molecule has 1 fully saturated rings. The Morgan fingerprint density at radius 3 is 2.88 bits per heavy atom. The first kappa shape index (κ1) is 14.0. The first-order chi connectivity index (χ1) is 8.17. The van der Waals surface area contributed by atoms with Gasteiger partial charge in [-0.1, -0.05) is 0 Å². The Kier molecular flexibility index (Phi) is 5.96. The van der Waals surface area contributed by atoms with Crippen molar-refractivity contribution >= 4 is 5.97 Å². The highest BCUT2D eigenvalue weighted by Gasteiger charge is 2.27. The number of esters is 1. The fraction of sp³-hybridized carbons (Fsp3) is 0.727. The lowest BCUT2D eigenvalue weighted by molar-refractivity contribution is -0.138. The van der Waals surface area contributed by atoms with Gasteiger partial charge in [-0.3, -0.25) is 0 Å². The van der Waals surface area contributed by atoms with Crippen LogP contribution in [0.5, 0.6) is 0 Å². The molecule has 98 valence electrons. The molecule has 1 rings (SSSR count). The minimum atomic E-state index is -0.952. The fourth-order valence-electron chi connectivity index (χ4n) is 1.15. The van der Waals surface area contributed by atoms with Gasteiger partial charge in [-0.15, -0.1) is 0 Å². The summed E-state index contributed by atoms with van der Waals surface area (Å²) >= 11 is 0. The van der Waals surface area contributed by atoms with Crippen molar-refractivity contribution < 1.29 is 29.2 Å². The number of ether oxygens (including phenoxy) is 3. The molecule has 0 saturated carbocycles. The molecule has 0 spiro atoms. The highest BCUT2D eigenvalue weighted by molar-refractivity contribution is 5.88. The van der Waals surface area contributed by atoms with E-state index in [1.165, 1.54) is 6.26 Å². The molecular weight excluding hydrogens is 228 g/mol. The van der Waals surface area contributed by atoms with Crippen molar-refractivity contribution in [3.8, 4) is 0 Å². The Balaban J connectivity index is 2.42. The van der Waals surface area contributed by atoms with E-state index in [1.807, 2.05) is 0 Å². The molecule has 0 amide bonds. The van der Waals surface area contributed by atoms with Crippen LogP contribution in [0.15, 0.2) is 11.8 Å². The van der Waals surface area contributed by atoms with Crippen molar-refractivity contribution in [3.63, 3.8) is 0 Å². The summed E-state index contributed by atoms with van der Waals surface area (Å²) in [6, 6.07) is 0. The molecule has 2 atom stereocenters. The van der Waals surface area contributed by atoms with Gasteiger partial charge in [0.25, 0.3) is 0 Å². The third kappa shape index (κ3) is 5.67. The number of carbonyl (C=O) groups excluding carboxylic acids is 1. The smallest absolute Gasteiger partial charge is 0.337 e. The number of epoxide rings is 1. The molecule has 2 N–H and O–H groups in total. The van der Waals surface area contributed by atoms with Gasteiger partial charge in [0, 0.05) is 6.42 Å². The van der Waals surface area contributed by atoms with Gasteiger partial charge in [-0.05, 0) is 6.92 Å². The molecule has 0 aliphatic carbocycles. The van der Waals surface area contributed by atoms with Gasteiger partial charge < -0.3 is 24.4 Å². The summed E-state index contributed by atoms with van der Waals surface area (Å²) in [6.45, 7) is 2.20. The molecule has 0 radical (unpaired) electrons. The molecule has 0 aromatic carbocycles. The Morgan fingerprint density at radius 2 is 2.35 bits per heavy atom. The van der Waals surface area contributed by atoms with E-state index in [0.717, 1.165) is 0 Å². The zero-order valence-electron chi connectivity index (χ0n) is 9.80. The van der Waals surface area contributed by atoms with Crippen LogP contribution in [0.1, 0.15) is 13.3 Å². The van der Waals surface area contributed by atoms with Crippen molar-refractivity contribution in [1.82, 2.24) is 0 Å². The van der Waals surface area contributed by atoms with Gasteiger partial charge in [0.2, 0.25) is 0 Å². The van der Waals surface area contributed by atoms with Gasteiger partial charge in [0.1, 0.15) is 12.7 Å². The number of hydrogen-bond donors (Lipinski definition) is 2. The van der Waals surface area contributed by atoms with E-state index < -0.39 is 12.1 Å². The van der Waals surface area contributed by atoms with Crippen LogP contribution in [0.3, 0.4) is 0 Å². The molecule has 0 aromatic heterocycles. The largest absolute Gasteiger partial charge is 0.498 e. The van der Waals surface area contributed by atoms with Crippen molar-refractivity contribution in [3.05, 3.63) is 11.8 Å². The Morgan fingerprint density at radius 1 is 1.65 bits per heavy atom. The summed E-state index contributed by atoms with van der Waals surface area (Å²) in [6.07, 6.45) is 0.802. The van der Waals surface area contributed by atoms with Crippen molar-refractivity contribution in [2.75, 3.05) is 26.4 Å². The van der Waals surface area contributed by atoms with Gasteiger partial charge in [-0.2, -0.15) is 0 Å². The first-order valence-electron chi connectivity index (χ1n) is 5.55. The standard InChI is InChI=1S/C11H18O6/c1-2-16-11(14)8(3-10-7-17-10)5-15-6-9(13)4-12/h5,9-10,12-13H,2-4,6-7H2,1H3. The molecule has 6 nitrogen and oxygen atoms in total. The predicted molar refractivity (Wildman–Crippen MR) is 58.1 cm³/mol. The normalized spacial score (nSPS) is 20.9. The average molecular weight is 246 g/mol. The van der Waals surface area contributed by atoms with Crippen LogP contribution >= 0.6 is 0 Å². The fourth-order valence-corrected chi connectivity index (χ4v) is 1.15. The summed E-state index contributed by atoms with van der Waals surface area (Å²) in [7, 11) is 0. The molecule has 2 unspecified atom stereocenters. The maximum Gasteiger partial charge on any atom is 0.337 e. The third-order valence-electron chi connectivity index (χ3n) is 2.11. The second-order valence-corrected chi connectivity index (χ2v) is 3.69. The quantitative estimate of drug-likeness (QED) is 0.262. The van der Waals surface area contributed by atoms with Crippen molar-refractivity contribution in [2.24, 2.45) is 0 Å². The number of hydrogen-bond acceptors (Lipinski definition) is 6. The van der Waals surface area contributed by atoms with E-state index in [9.17, 15) is 4.79 Å². The summed E-state index contributed by atoms with van der Waals surface area (Å²) < 4.78 is 14.9. The van der Waals surface area contributed by atoms with Crippen LogP contribution in [-0.2, 0) is 19.0 Å². The van der Waals surface area contributed by atoms with E-state index in [1.54, 1.807) is 6.92 Å². The van der Waals surface area contributed by atoms with Gasteiger partial charge in [-0.25, -0.2) is 4.79 Å². The van der Waals surface area contributed by atoms with E-state index in [0.29, 0.717) is 25.2 Å². The van der Waals surface area contributed by atoms with Crippen LogP contribution in [0.4, 0.5) is 0 Å². The average Bonchev–Trinajstić information content (AvgIpc) is 3.11. The molecule has 1 aliphatic rings. The van der Waals surface area contributed by atoms with Gasteiger partial charge in [0.05, 0.1) is 37.8 Å². The molecule has 6 heteroatoms. The van der Waals surface area contributed by atoms with Crippen LogP contribution < -0.4 is 0 Å². The minimum Gasteiger partial charge on any atom is -0.498 e. The predicted octanol–water partition coefficient (Wildman–Crippen LogP) is -0.408. The monoisotopic (exact) mass is 246 g/mol. The second-order valence-electron chi connectivity index (χ2n) is 3.69. The Labute approximate surface area is 99.8 Å². The van der Waals surface area contributed by atoms with E-state index >= 15 is 0 Å². The summed E-state index contributed by atoms with van der Waals surface area (Å²) in [5.74, 6) is -0.443. The van der Waals surface area contributed by atoms with Crippen LogP contribution in [0.2, 0.25) is 0 Å². The zero-order chi connectivity index (χ0) is 12.7. The Bertz CT molecular complexity index is 271. The number of aliphatic hydroxyl groups is 2. The van der Waals surface area contributed by atoms with Crippen LogP contribution in [-0.4, -0.2) is 54.8 Å². The number of aliphatic hydroxyl groups excluding tert-OH is 2. The lowest BCUT2D eigenvalue weighted by Gasteiger charge is -2.09. The van der Waals surface area contributed by atoms with E-state index in [4.69, 9.17) is 24.4 Å². The maximum atomic E-state index is 11.5. The number of rotatable bonds is 8. The molecule has 1 aliphatic heterocycles. The lowest BCUT2D eigenvalue weighted by atomic mass is 10.2. The lowest BCUT2D eigenvalue weighted by Crippen LogP contribution is -2.18. The number of carbonyl (C=O) groups is 1. The van der Waals surface area contributed by atoms with E-state index in [-0.39, 0.29) is 19.3 Å². The molecule has 17 heavy (non-hydrogen) atoms. The van der Waals surface area contributed by atoms with Gasteiger partial charge >= 0.3 is 5.97 Å². The Hall–Kier alpha value is -1.11. The van der Waals surface area contributed by atoms with Crippen LogP contribution in [0.25, 0.3) is 0 Å².